The fraction of sp³-hybridized carbons (Fsp3) is 0.400. The van der Waals surface area contributed by atoms with Gasteiger partial charge in [-0.05, 0) is 30.4 Å². The first-order valence-electron chi connectivity index (χ1n) is 6.53. The second-order valence-electron chi connectivity index (χ2n) is 5.19. The van der Waals surface area contributed by atoms with Crippen LogP contribution in [0.3, 0.4) is 0 Å². The van der Waals surface area contributed by atoms with Gasteiger partial charge in [-0.2, -0.15) is 0 Å². The maximum absolute atomic E-state index is 12.0. The van der Waals surface area contributed by atoms with E-state index in [0.717, 1.165) is 4.88 Å². The van der Waals surface area contributed by atoms with Gasteiger partial charge in [0.15, 0.2) is 0 Å². The van der Waals surface area contributed by atoms with E-state index in [-0.39, 0.29) is 17.9 Å². The molecular weight excluding hydrogens is 256 g/mol. The molecule has 0 saturated heterocycles. The Labute approximate surface area is 117 Å². The van der Waals surface area contributed by atoms with Crippen LogP contribution in [-0.2, 0) is 4.79 Å². The molecule has 2 rings (SSSR count). The second kappa shape index (κ2) is 5.72. The Kier molecular flexibility index (Phi) is 4.22. The number of amides is 1. The van der Waals surface area contributed by atoms with Crippen LogP contribution >= 0.6 is 11.3 Å². The van der Waals surface area contributed by atoms with Crippen LogP contribution in [0.4, 0.5) is 0 Å². The van der Waals surface area contributed by atoms with E-state index in [1.807, 2.05) is 32.9 Å². The van der Waals surface area contributed by atoms with Crippen LogP contribution in [0.15, 0.2) is 30.3 Å². The lowest BCUT2D eigenvalue weighted by molar-refractivity contribution is -0.123. The third kappa shape index (κ3) is 3.14. The van der Waals surface area contributed by atoms with Crippen molar-refractivity contribution in [1.29, 1.82) is 0 Å². The molecule has 3 N–H and O–H groups in total. The van der Waals surface area contributed by atoms with Crippen LogP contribution in [0, 0.1) is 5.92 Å². The number of benzene rings is 1. The summed E-state index contributed by atoms with van der Waals surface area (Å²) in [4.78, 5) is 13.1. The maximum Gasteiger partial charge on any atom is 0.237 e. The lowest BCUT2D eigenvalue weighted by atomic mass is 10.0. The van der Waals surface area contributed by atoms with Crippen molar-refractivity contribution in [2.24, 2.45) is 11.7 Å². The van der Waals surface area contributed by atoms with Crippen LogP contribution in [0.25, 0.3) is 10.1 Å². The minimum Gasteiger partial charge on any atom is -0.347 e. The maximum atomic E-state index is 12.0. The average molecular weight is 276 g/mol. The number of carbonyl (C=O) groups excluding carboxylic acids is 1. The molecule has 3 nitrogen and oxygen atoms in total. The molecule has 19 heavy (non-hydrogen) atoms. The predicted octanol–water partition coefficient (Wildman–Crippen LogP) is 3.06. The van der Waals surface area contributed by atoms with Gasteiger partial charge in [-0.3, -0.25) is 4.79 Å². The van der Waals surface area contributed by atoms with E-state index in [9.17, 15) is 4.79 Å². The molecule has 1 aromatic carbocycles. The Balaban J connectivity index is 2.11. The summed E-state index contributed by atoms with van der Waals surface area (Å²) in [5.74, 6) is 0.0644. The standard InChI is InChI=1S/C15H20N2OS/c1-9(2)14(16)15(18)17-10(3)13-8-11-6-4-5-7-12(11)19-13/h4-10,14H,16H2,1-3H3,(H,17,18)/t10?,14-/m0/s1. The van der Waals surface area contributed by atoms with Crippen LogP contribution < -0.4 is 11.1 Å². The van der Waals surface area contributed by atoms with Gasteiger partial charge in [0, 0.05) is 9.58 Å². The van der Waals surface area contributed by atoms with E-state index in [2.05, 4.69) is 23.5 Å². The minimum absolute atomic E-state index is 0.00491. The van der Waals surface area contributed by atoms with Gasteiger partial charge >= 0.3 is 0 Å². The van der Waals surface area contributed by atoms with Gasteiger partial charge < -0.3 is 11.1 Å². The zero-order valence-electron chi connectivity index (χ0n) is 11.5. The van der Waals surface area contributed by atoms with Crippen LogP contribution in [-0.4, -0.2) is 11.9 Å². The number of fused-ring (bicyclic) bond motifs is 1. The van der Waals surface area contributed by atoms with Crippen LogP contribution in [0.5, 0.6) is 0 Å². The zero-order valence-corrected chi connectivity index (χ0v) is 12.3. The Morgan fingerprint density at radius 1 is 1.26 bits per heavy atom. The summed E-state index contributed by atoms with van der Waals surface area (Å²) >= 11 is 1.71. The molecule has 0 aliphatic heterocycles. The van der Waals surface area contributed by atoms with E-state index in [4.69, 9.17) is 5.73 Å². The van der Waals surface area contributed by atoms with Crippen molar-refractivity contribution in [3.8, 4) is 0 Å². The average Bonchev–Trinajstić information content (AvgIpc) is 2.81. The van der Waals surface area contributed by atoms with Crippen molar-refractivity contribution in [3.63, 3.8) is 0 Å². The van der Waals surface area contributed by atoms with Gasteiger partial charge in [-0.15, -0.1) is 11.3 Å². The first kappa shape index (κ1) is 14.0. The monoisotopic (exact) mass is 276 g/mol. The number of hydrogen-bond acceptors (Lipinski definition) is 3. The smallest absolute Gasteiger partial charge is 0.237 e. The van der Waals surface area contributed by atoms with Crippen LogP contribution in [0.1, 0.15) is 31.7 Å². The second-order valence-corrected chi connectivity index (χ2v) is 6.30. The quantitative estimate of drug-likeness (QED) is 0.901. The van der Waals surface area contributed by atoms with Crippen molar-refractivity contribution >= 4 is 27.3 Å². The fourth-order valence-electron chi connectivity index (χ4n) is 1.90. The molecule has 0 fully saturated rings. The number of nitrogens with two attached hydrogens (primary N) is 1. The van der Waals surface area contributed by atoms with Crippen LogP contribution in [0.2, 0.25) is 0 Å². The summed E-state index contributed by atoms with van der Waals surface area (Å²) < 4.78 is 1.24. The summed E-state index contributed by atoms with van der Waals surface area (Å²) in [7, 11) is 0. The highest BCUT2D eigenvalue weighted by Crippen LogP contribution is 2.29. The molecule has 2 atom stereocenters. The molecule has 0 bridgehead atoms. The molecule has 102 valence electrons. The Morgan fingerprint density at radius 3 is 2.58 bits per heavy atom. The summed E-state index contributed by atoms with van der Waals surface area (Å²) in [5.41, 5.74) is 5.85. The molecule has 0 aliphatic carbocycles. The molecule has 0 aliphatic rings. The number of nitrogens with one attached hydrogen (secondary N) is 1. The van der Waals surface area contributed by atoms with Crippen molar-refractivity contribution < 1.29 is 4.79 Å². The molecule has 1 aromatic heterocycles. The summed E-state index contributed by atoms with van der Waals surface area (Å²) in [6.07, 6.45) is 0. The Bertz CT molecular complexity index is 543. The largest absolute Gasteiger partial charge is 0.347 e. The van der Waals surface area contributed by atoms with Crippen molar-refractivity contribution in [3.05, 3.63) is 35.2 Å². The zero-order chi connectivity index (χ0) is 14.0. The highest BCUT2D eigenvalue weighted by molar-refractivity contribution is 7.19. The Hall–Kier alpha value is -1.39. The molecule has 1 unspecified atom stereocenters. The van der Waals surface area contributed by atoms with Gasteiger partial charge in [0.05, 0.1) is 12.1 Å². The molecule has 2 aromatic rings. The lowest BCUT2D eigenvalue weighted by Crippen LogP contribution is -2.44. The van der Waals surface area contributed by atoms with E-state index < -0.39 is 6.04 Å². The Morgan fingerprint density at radius 2 is 1.95 bits per heavy atom. The van der Waals surface area contributed by atoms with E-state index in [1.165, 1.54) is 10.1 Å². The van der Waals surface area contributed by atoms with Gasteiger partial charge in [-0.1, -0.05) is 32.0 Å². The first-order chi connectivity index (χ1) is 8.99. The number of carbonyl (C=O) groups is 1. The van der Waals surface area contributed by atoms with E-state index in [1.54, 1.807) is 11.3 Å². The van der Waals surface area contributed by atoms with E-state index >= 15 is 0 Å². The molecule has 4 heteroatoms. The lowest BCUT2D eigenvalue weighted by Gasteiger charge is -2.18. The van der Waals surface area contributed by atoms with Crippen molar-refractivity contribution in [2.45, 2.75) is 32.9 Å². The molecule has 1 heterocycles. The number of thiophene rings is 1. The normalized spacial score (nSPS) is 14.6. The fourth-order valence-corrected chi connectivity index (χ4v) is 2.97. The topological polar surface area (TPSA) is 55.1 Å². The number of rotatable bonds is 4. The highest BCUT2D eigenvalue weighted by Gasteiger charge is 2.20. The third-order valence-corrected chi connectivity index (χ3v) is 4.55. The molecular formula is C15H20N2OS. The van der Waals surface area contributed by atoms with Gasteiger partial charge in [-0.25, -0.2) is 0 Å². The molecule has 1 amide bonds. The molecule has 0 saturated carbocycles. The number of hydrogen-bond donors (Lipinski definition) is 2. The van der Waals surface area contributed by atoms with Gasteiger partial charge in [0.25, 0.3) is 0 Å². The SMILES string of the molecule is CC(NC(=O)[C@@H](N)C(C)C)c1cc2ccccc2s1. The third-order valence-electron chi connectivity index (χ3n) is 3.25. The van der Waals surface area contributed by atoms with Crippen molar-refractivity contribution in [2.75, 3.05) is 0 Å². The van der Waals surface area contributed by atoms with Crippen molar-refractivity contribution in [1.82, 2.24) is 5.32 Å². The molecule has 0 radical (unpaired) electrons. The summed E-state index contributed by atoms with van der Waals surface area (Å²) in [6.45, 7) is 5.90. The molecule has 0 spiro atoms. The summed E-state index contributed by atoms with van der Waals surface area (Å²) in [5, 5.41) is 4.20. The highest BCUT2D eigenvalue weighted by atomic mass is 32.1. The minimum atomic E-state index is -0.447. The predicted molar refractivity (Wildman–Crippen MR) is 81.2 cm³/mol. The van der Waals surface area contributed by atoms with E-state index in [0.29, 0.717) is 0 Å². The first-order valence-corrected chi connectivity index (χ1v) is 7.35. The van der Waals surface area contributed by atoms with Gasteiger partial charge in [0.2, 0.25) is 5.91 Å². The van der Waals surface area contributed by atoms with Gasteiger partial charge in [0.1, 0.15) is 0 Å². The summed E-state index contributed by atoms with van der Waals surface area (Å²) in [6, 6.07) is 9.91.